The van der Waals surface area contributed by atoms with Gasteiger partial charge in [-0.3, -0.25) is 0 Å². The van der Waals surface area contributed by atoms with Gasteiger partial charge in [0.1, 0.15) is 67.7 Å². The molecular formula is C44H52O7. The predicted octanol–water partition coefficient (Wildman–Crippen LogP) is 8.46. The van der Waals surface area contributed by atoms with Crippen LogP contribution in [-0.4, -0.2) is 63.1 Å². The zero-order valence-corrected chi connectivity index (χ0v) is 30.4. The van der Waals surface area contributed by atoms with Crippen LogP contribution >= 0.6 is 0 Å². The Morgan fingerprint density at radius 1 is 0.569 bits per heavy atom. The van der Waals surface area contributed by atoms with Crippen molar-refractivity contribution < 1.29 is 33.5 Å². The number of ether oxygens (including phenoxy) is 6. The summed E-state index contributed by atoms with van der Waals surface area (Å²) in [6.07, 6.45) is 4.25. The summed E-state index contributed by atoms with van der Waals surface area (Å²) in [6.45, 7) is 18.8. The number of aliphatic hydroxyl groups is 1. The Morgan fingerprint density at radius 3 is 1.08 bits per heavy atom. The molecule has 2 saturated heterocycles. The normalized spacial score (nSPS) is 16.9. The first kappa shape index (κ1) is 37.7. The van der Waals surface area contributed by atoms with E-state index in [1.54, 1.807) is 0 Å². The van der Waals surface area contributed by atoms with Gasteiger partial charge in [0.15, 0.2) is 0 Å². The second-order valence-electron chi connectivity index (χ2n) is 14.0. The van der Waals surface area contributed by atoms with Crippen LogP contribution < -0.4 is 18.9 Å². The summed E-state index contributed by atoms with van der Waals surface area (Å²) in [5, 5.41) is 10.5. The summed E-state index contributed by atoms with van der Waals surface area (Å²) in [7, 11) is 0. The van der Waals surface area contributed by atoms with Crippen molar-refractivity contribution in [3.05, 3.63) is 145 Å². The summed E-state index contributed by atoms with van der Waals surface area (Å²) in [6, 6.07) is 32.6. The van der Waals surface area contributed by atoms with Crippen molar-refractivity contribution in [1.29, 1.82) is 0 Å². The first-order valence-corrected chi connectivity index (χ1v) is 17.6. The number of benzene rings is 4. The third-order valence-corrected chi connectivity index (χ3v) is 9.20. The Kier molecular flexibility index (Phi) is 13.0. The van der Waals surface area contributed by atoms with Crippen molar-refractivity contribution in [1.82, 2.24) is 0 Å². The minimum Gasteiger partial charge on any atom is -0.491 e. The zero-order chi connectivity index (χ0) is 36.3. The van der Waals surface area contributed by atoms with Crippen molar-refractivity contribution in [2.45, 2.75) is 63.3 Å². The van der Waals surface area contributed by atoms with Crippen molar-refractivity contribution in [3.63, 3.8) is 0 Å². The zero-order valence-electron chi connectivity index (χ0n) is 30.4. The quantitative estimate of drug-likeness (QED) is 0.0828. The van der Waals surface area contributed by atoms with E-state index in [1.165, 1.54) is 22.3 Å². The van der Waals surface area contributed by atoms with E-state index in [-0.39, 0.29) is 36.3 Å². The van der Waals surface area contributed by atoms with E-state index in [0.717, 1.165) is 31.1 Å². The topological polar surface area (TPSA) is 82.2 Å². The van der Waals surface area contributed by atoms with Gasteiger partial charge in [0.2, 0.25) is 0 Å². The average molecular weight is 693 g/mol. The van der Waals surface area contributed by atoms with Gasteiger partial charge in [0.05, 0.1) is 13.2 Å². The van der Waals surface area contributed by atoms with Crippen molar-refractivity contribution in [2.75, 3.05) is 39.6 Å². The first-order valence-electron chi connectivity index (χ1n) is 17.6. The fourth-order valence-corrected chi connectivity index (χ4v) is 5.46. The Morgan fingerprint density at radius 2 is 0.843 bits per heavy atom. The van der Waals surface area contributed by atoms with Crippen LogP contribution in [0.25, 0.3) is 0 Å². The lowest BCUT2D eigenvalue weighted by Gasteiger charge is -2.26. The molecule has 0 amide bonds. The maximum absolute atomic E-state index is 10.5. The van der Waals surface area contributed by atoms with Gasteiger partial charge in [0.25, 0.3) is 0 Å². The predicted molar refractivity (Wildman–Crippen MR) is 203 cm³/mol. The molecule has 51 heavy (non-hydrogen) atoms. The van der Waals surface area contributed by atoms with Crippen LogP contribution in [-0.2, 0) is 20.3 Å². The van der Waals surface area contributed by atoms with Gasteiger partial charge >= 0.3 is 0 Å². The van der Waals surface area contributed by atoms with Crippen LogP contribution in [0.5, 0.6) is 23.0 Å². The van der Waals surface area contributed by atoms with Gasteiger partial charge in [-0.15, -0.1) is 13.2 Å². The van der Waals surface area contributed by atoms with E-state index in [4.69, 9.17) is 28.4 Å². The molecule has 7 nitrogen and oxygen atoms in total. The molecule has 2 aliphatic rings. The molecule has 6 rings (SSSR count). The monoisotopic (exact) mass is 692 g/mol. The van der Waals surface area contributed by atoms with Crippen molar-refractivity contribution in [2.24, 2.45) is 0 Å². The molecule has 1 N–H and O–H groups in total. The van der Waals surface area contributed by atoms with Gasteiger partial charge in [-0.05, 0) is 77.2 Å². The van der Waals surface area contributed by atoms with E-state index >= 15 is 0 Å². The van der Waals surface area contributed by atoms with Crippen LogP contribution in [0.4, 0.5) is 0 Å². The van der Waals surface area contributed by atoms with Crippen molar-refractivity contribution in [3.8, 4) is 23.0 Å². The summed E-state index contributed by atoms with van der Waals surface area (Å²) < 4.78 is 33.7. The smallest absolute Gasteiger partial charge is 0.122 e. The molecule has 0 aliphatic carbocycles. The molecule has 2 heterocycles. The highest BCUT2D eigenvalue weighted by Gasteiger charge is 2.26. The van der Waals surface area contributed by atoms with Gasteiger partial charge < -0.3 is 33.5 Å². The van der Waals surface area contributed by atoms with Gasteiger partial charge in [-0.1, -0.05) is 88.4 Å². The SMILES string of the molecule is C=CCC=C.CC(C)(c1ccc(OCC(O)COc2ccc(C(C)(C)c3ccc(OCC4CO4)cc3)cc2)cc1)c1ccc(OCC2CO2)cc1. The van der Waals surface area contributed by atoms with E-state index < -0.39 is 6.10 Å². The Bertz CT molecular complexity index is 1530. The highest BCUT2D eigenvalue weighted by Crippen LogP contribution is 2.35. The fraction of sp³-hybridized carbons (Fsp3) is 0.364. The van der Waals surface area contributed by atoms with E-state index in [9.17, 15) is 5.11 Å². The lowest BCUT2D eigenvalue weighted by Crippen LogP contribution is -2.25. The third-order valence-electron chi connectivity index (χ3n) is 9.20. The molecule has 7 heteroatoms. The highest BCUT2D eigenvalue weighted by atomic mass is 16.6. The minimum absolute atomic E-state index is 0.134. The molecule has 2 atom stereocenters. The summed E-state index contributed by atoms with van der Waals surface area (Å²) in [5.41, 5.74) is 4.33. The molecule has 0 aromatic heterocycles. The number of allylic oxidation sites excluding steroid dienone is 2. The Balaban J connectivity index is 0.000000943. The largest absolute Gasteiger partial charge is 0.491 e. The molecule has 0 radical (unpaired) electrons. The summed E-state index contributed by atoms with van der Waals surface area (Å²) >= 11 is 0. The number of hydrogen-bond acceptors (Lipinski definition) is 7. The molecular weight excluding hydrogens is 640 g/mol. The Labute approximate surface area is 303 Å². The molecule has 2 fully saturated rings. The maximum Gasteiger partial charge on any atom is 0.122 e. The van der Waals surface area contributed by atoms with E-state index in [0.29, 0.717) is 24.7 Å². The van der Waals surface area contributed by atoms with Crippen molar-refractivity contribution >= 4 is 0 Å². The molecule has 4 aromatic rings. The van der Waals surface area contributed by atoms with Crippen LogP contribution in [0.15, 0.2) is 122 Å². The fourth-order valence-electron chi connectivity index (χ4n) is 5.46. The molecule has 0 spiro atoms. The Hall–Kier alpha value is -4.56. The molecule has 0 saturated carbocycles. The third kappa shape index (κ3) is 11.2. The molecule has 270 valence electrons. The number of epoxide rings is 2. The standard InChI is InChI=1S/C39H44O7.C5H8/c1-38(2,29-9-17-34(18-10-29)43-23-36-25-45-36)27-5-13-32(14-6-27)41-21-31(40)22-42-33-15-7-28(8-16-33)39(3,4)30-11-19-35(20-12-30)44-24-37-26-46-37;1-3-5-4-2/h5-20,31,36-37,40H,21-26H2,1-4H3;3-4H,1-2,5H2. The second kappa shape index (κ2) is 17.6. The molecule has 4 aromatic carbocycles. The first-order chi connectivity index (χ1) is 24.6. The minimum atomic E-state index is -0.772. The van der Waals surface area contributed by atoms with E-state index in [2.05, 4.69) is 89.4 Å². The molecule has 2 unspecified atom stereocenters. The van der Waals surface area contributed by atoms with Crippen LogP contribution in [0, 0.1) is 0 Å². The number of hydrogen-bond donors (Lipinski definition) is 1. The summed E-state index contributed by atoms with van der Waals surface area (Å²) in [4.78, 5) is 0. The number of rotatable bonds is 18. The molecule has 2 aliphatic heterocycles. The average Bonchev–Trinajstić information content (AvgIpc) is 4.09. The lowest BCUT2D eigenvalue weighted by molar-refractivity contribution is 0.0626. The maximum atomic E-state index is 10.5. The van der Waals surface area contributed by atoms with Gasteiger partial charge in [0, 0.05) is 10.8 Å². The van der Waals surface area contributed by atoms with E-state index in [1.807, 2.05) is 60.7 Å². The summed E-state index contributed by atoms with van der Waals surface area (Å²) in [5.74, 6) is 3.11. The van der Waals surface area contributed by atoms with Crippen LogP contribution in [0.2, 0.25) is 0 Å². The van der Waals surface area contributed by atoms with Crippen LogP contribution in [0.1, 0.15) is 56.4 Å². The molecule has 0 bridgehead atoms. The second-order valence-corrected chi connectivity index (χ2v) is 14.0. The lowest BCUT2D eigenvalue weighted by atomic mass is 9.78. The number of aliphatic hydroxyl groups excluding tert-OH is 1. The van der Waals surface area contributed by atoms with Gasteiger partial charge in [-0.2, -0.15) is 0 Å². The van der Waals surface area contributed by atoms with Gasteiger partial charge in [-0.25, -0.2) is 0 Å². The van der Waals surface area contributed by atoms with Crippen LogP contribution in [0.3, 0.4) is 0 Å². The highest BCUT2D eigenvalue weighted by molar-refractivity contribution is 5.43.